The zero-order chi connectivity index (χ0) is 9.56. The highest BCUT2D eigenvalue weighted by atomic mass is 15.2. The van der Waals surface area contributed by atoms with Gasteiger partial charge in [-0.25, -0.2) is 0 Å². The fourth-order valence-electron chi connectivity index (χ4n) is 1.42. The molecule has 0 aliphatic rings. The van der Waals surface area contributed by atoms with Crippen molar-refractivity contribution in [3.05, 3.63) is 0 Å². The molecule has 0 radical (unpaired) electrons. The predicted molar refractivity (Wildman–Crippen MR) is 53.8 cm³/mol. The minimum absolute atomic E-state index is 0.422. The van der Waals surface area contributed by atoms with Crippen molar-refractivity contribution < 1.29 is 0 Å². The maximum atomic E-state index is 5.67. The standard InChI is InChI=1S/C10H20N2/c1-5-7-12(6-2)10(8-11)9(3)4/h1,9-10H,6-8,11H2,2-4H3. The summed E-state index contributed by atoms with van der Waals surface area (Å²) in [6, 6.07) is 0.422. The highest BCUT2D eigenvalue weighted by Crippen LogP contribution is 2.08. The molecular formula is C10H20N2. The molecule has 0 bridgehead atoms. The SMILES string of the molecule is C#CCN(CC)C(CN)C(C)C. The van der Waals surface area contributed by atoms with E-state index in [-0.39, 0.29) is 0 Å². The summed E-state index contributed by atoms with van der Waals surface area (Å²) in [5.41, 5.74) is 5.67. The van der Waals surface area contributed by atoms with Gasteiger partial charge in [0.05, 0.1) is 6.54 Å². The molecule has 0 aliphatic carbocycles. The third-order valence-corrected chi connectivity index (χ3v) is 2.18. The third-order valence-electron chi connectivity index (χ3n) is 2.18. The topological polar surface area (TPSA) is 29.3 Å². The molecule has 12 heavy (non-hydrogen) atoms. The molecular weight excluding hydrogens is 148 g/mol. The number of hydrogen-bond acceptors (Lipinski definition) is 2. The highest BCUT2D eigenvalue weighted by molar-refractivity contribution is 4.90. The first kappa shape index (κ1) is 11.5. The molecule has 2 nitrogen and oxygen atoms in total. The van der Waals surface area contributed by atoms with Crippen LogP contribution in [0, 0.1) is 18.3 Å². The zero-order valence-electron chi connectivity index (χ0n) is 8.38. The van der Waals surface area contributed by atoms with E-state index in [4.69, 9.17) is 12.2 Å². The molecule has 0 fully saturated rings. The van der Waals surface area contributed by atoms with E-state index in [9.17, 15) is 0 Å². The number of likely N-dealkylation sites (N-methyl/N-ethyl adjacent to an activating group) is 1. The van der Waals surface area contributed by atoms with Gasteiger partial charge < -0.3 is 5.73 Å². The molecule has 0 aliphatic heterocycles. The van der Waals surface area contributed by atoms with Gasteiger partial charge in [-0.3, -0.25) is 4.90 Å². The van der Waals surface area contributed by atoms with Crippen LogP contribution < -0.4 is 5.73 Å². The van der Waals surface area contributed by atoms with Gasteiger partial charge in [-0.2, -0.15) is 0 Å². The summed E-state index contributed by atoms with van der Waals surface area (Å²) >= 11 is 0. The van der Waals surface area contributed by atoms with Crippen molar-refractivity contribution in [1.82, 2.24) is 4.90 Å². The van der Waals surface area contributed by atoms with Gasteiger partial charge in [0.1, 0.15) is 0 Å². The Hall–Kier alpha value is -0.520. The summed E-state index contributed by atoms with van der Waals surface area (Å²) in [7, 11) is 0. The third kappa shape index (κ3) is 3.25. The van der Waals surface area contributed by atoms with Crippen molar-refractivity contribution >= 4 is 0 Å². The minimum Gasteiger partial charge on any atom is -0.329 e. The Balaban J connectivity index is 4.14. The Kier molecular flexibility index (Phi) is 5.79. The van der Waals surface area contributed by atoms with E-state index in [2.05, 4.69) is 31.6 Å². The van der Waals surface area contributed by atoms with Gasteiger partial charge in [0.2, 0.25) is 0 Å². The van der Waals surface area contributed by atoms with Crippen LogP contribution in [0.15, 0.2) is 0 Å². The van der Waals surface area contributed by atoms with Crippen molar-refractivity contribution in [1.29, 1.82) is 0 Å². The average Bonchev–Trinajstić information content (AvgIpc) is 2.03. The van der Waals surface area contributed by atoms with E-state index in [1.54, 1.807) is 0 Å². The molecule has 0 spiro atoms. The normalized spacial score (nSPS) is 13.4. The smallest absolute Gasteiger partial charge is 0.0601 e. The molecule has 0 aromatic carbocycles. The maximum Gasteiger partial charge on any atom is 0.0601 e. The molecule has 2 N–H and O–H groups in total. The zero-order valence-corrected chi connectivity index (χ0v) is 8.38. The Morgan fingerprint density at radius 1 is 1.50 bits per heavy atom. The molecule has 0 saturated carbocycles. The van der Waals surface area contributed by atoms with Crippen LogP contribution in [-0.4, -0.2) is 30.6 Å². The fourth-order valence-corrected chi connectivity index (χ4v) is 1.42. The Morgan fingerprint density at radius 2 is 2.08 bits per heavy atom. The molecule has 0 aromatic rings. The Bertz CT molecular complexity index is 146. The summed E-state index contributed by atoms with van der Waals surface area (Å²) in [5.74, 6) is 3.23. The van der Waals surface area contributed by atoms with Crippen molar-refractivity contribution in [3.63, 3.8) is 0 Å². The minimum atomic E-state index is 0.422. The van der Waals surface area contributed by atoms with E-state index in [0.29, 0.717) is 25.0 Å². The van der Waals surface area contributed by atoms with E-state index in [1.165, 1.54) is 0 Å². The molecule has 1 unspecified atom stereocenters. The summed E-state index contributed by atoms with van der Waals surface area (Å²) in [6.07, 6.45) is 5.27. The first-order chi connectivity index (χ1) is 5.67. The summed E-state index contributed by atoms with van der Waals surface area (Å²) < 4.78 is 0. The second-order valence-corrected chi connectivity index (χ2v) is 3.31. The highest BCUT2D eigenvalue weighted by Gasteiger charge is 2.17. The molecule has 70 valence electrons. The van der Waals surface area contributed by atoms with Crippen molar-refractivity contribution in [2.24, 2.45) is 11.7 Å². The lowest BCUT2D eigenvalue weighted by Crippen LogP contribution is -2.44. The van der Waals surface area contributed by atoms with Crippen molar-refractivity contribution in [3.8, 4) is 12.3 Å². The van der Waals surface area contributed by atoms with Crippen LogP contribution in [0.4, 0.5) is 0 Å². The van der Waals surface area contributed by atoms with Gasteiger partial charge in [0, 0.05) is 12.6 Å². The van der Waals surface area contributed by atoms with Crippen molar-refractivity contribution in [2.45, 2.75) is 26.8 Å². The van der Waals surface area contributed by atoms with Gasteiger partial charge in [0.15, 0.2) is 0 Å². The number of nitrogens with zero attached hydrogens (tertiary/aromatic N) is 1. The molecule has 1 atom stereocenters. The van der Waals surface area contributed by atoms with Crippen LogP contribution in [0.2, 0.25) is 0 Å². The second-order valence-electron chi connectivity index (χ2n) is 3.31. The lowest BCUT2D eigenvalue weighted by atomic mass is 10.0. The van der Waals surface area contributed by atoms with Crippen molar-refractivity contribution in [2.75, 3.05) is 19.6 Å². The molecule has 0 saturated heterocycles. The first-order valence-corrected chi connectivity index (χ1v) is 4.54. The number of nitrogens with two attached hydrogens (primary N) is 1. The van der Waals surface area contributed by atoms with Gasteiger partial charge in [-0.05, 0) is 12.5 Å². The van der Waals surface area contributed by atoms with Crippen LogP contribution in [0.3, 0.4) is 0 Å². The van der Waals surface area contributed by atoms with E-state index in [0.717, 1.165) is 6.54 Å². The maximum absolute atomic E-state index is 5.67. The van der Waals surface area contributed by atoms with Crippen LogP contribution in [0.25, 0.3) is 0 Å². The van der Waals surface area contributed by atoms with E-state index >= 15 is 0 Å². The van der Waals surface area contributed by atoms with Crippen LogP contribution in [-0.2, 0) is 0 Å². The molecule has 0 aromatic heterocycles. The monoisotopic (exact) mass is 168 g/mol. The Labute approximate surface area is 76.1 Å². The van der Waals surface area contributed by atoms with Gasteiger partial charge in [-0.1, -0.05) is 26.7 Å². The molecule has 0 amide bonds. The molecule has 2 heteroatoms. The lowest BCUT2D eigenvalue weighted by Gasteiger charge is -2.30. The quantitative estimate of drug-likeness (QED) is 0.619. The molecule has 0 heterocycles. The lowest BCUT2D eigenvalue weighted by molar-refractivity contribution is 0.188. The molecule has 0 rings (SSSR count). The average molecular weight is 168 g/mol. The number of hydrogen-bond donors (Lipinski definition) is 1. The van der Waals surface area contributed by atoms with E-state index in [1.807, 2.05) is 0 Å². The number of terminal acetylenes is 1. The van der Waals surface area contributed by atoms with Gasteiger partial charge >= 0.3 is 0 Å². The van der Waals surface area contributed by atoms with E-state index < -0.39 is 0 Å². The van der Waals surface area contributed by atoms with Gasteiger partial charge in [-0.15, -0.1) is 6.42 Å². The summed E-state index contributed by atoms with van der Waals surface area (Å²) in [6.45, 7) is 8.84. The number of rotatable bonds is 5. The van der Waals surface area contributed by atoms with Crippen LogP contribution in [0.1, 0.15) is 20.8 Å². The van der Waals surface area contributed by atoms with Gasteiger partial charge in [0.25, 0.3) is 0 Å². The second kappa shape index (κ2) is 6.05. The predicted octanol–water partition coefficient (Wildman–Crippen LogP) is 0.925. The Morgan fingerprint density at radius 3 is 2.33 bits per heavy atom. The largest absolute Gasteiger partial charge is 0.329 e. The van der Waals surface area contributed by atoms with Crippen LogP contribution in [0.5, 0.6) is 0 Å². The summed E-state index contributed by atoms with van der Waals surface area (Å²) in [4.78, 5) is 2.24. The fraction of sp³-hybridized carbons (Fsp3) is 0.800. The first-order valence-electron chi connectivity index (χ1n) is 4.54. The van der Waals surface area contributed by atoms with Crippen LogP contribution >= 0.6 is 0 Å². The summed E-state index contributed by atoms with van der Waals surface area (Å²) in [5, 5.41) is 0.